The molecule has 1 N–H and O–H groups in total. The number of fused-ring (bicyclic) bond motifs is 3. The van der Waals surface area contributed by atoms with E-state index in [2.05, 4.69) is 6.58 Å². The molecule has 0 radical (unpaired) electrons. The van der Waals surface area contributed by atoms with Gasteiger partial charge in [-0.15, -0.1) is 6.58 Å². The normalized spacial score (nSPS) is 15.0. The molecule has 7 aromatic carbocycles. The van der Waals surface area contributed by atoms with Crippen molar-refractivity contribution in [3.8, 4) is 16.9 Å². The Labute approximate surface area is 349 Å². The summed E-state index contributed by atoms with van der Waals surface area (Å²) in [5, 5.41) is 13.5. The molecular weight excluding hydrogens is 749 g/mol. The Morgan fingerprint density at radius 2 is 1.43 bits per heavy atom. The van der Waals surface area contributed by atoms with Crippen molar-refractivity contribution in [3.63, 3.8) is 0 Å². The molecule has 0 aliphatic carbocycles. The monoisotopic (exact) mass is 794 g/mol. The minimum absolute atomic E-state index is 0.0360. The van der Waals surface area contributed by atoms with Crippen molar-refractivity contribution in [2.45, 2.75) is 44.5 Å². The van der Waals surface area contributed by atoms with Crippen LogP contribution in [0.25, 0.3) is 32.7 Å². The summed E-state index contributed by atoms with van der Waals surface area (Å²) in [5.41, 5.74) is 5.02. The first-order chi connectivity index (χ1) is 29.3. The Morgan fingerprint density at radius 1 is 0.750 bits per heavy atom. The van der Waals surface area contributed by atoms with Crippen LogP contribution in [0.2, 0.25) is 0 Å². The number of rotatable bonds is 14. The van der Waals surface area contributed by atoms with Crippen molar-refractivity contribution in [1.29, 1.82) is 0 Å². The van der Waals surface area contributed by atoms with E-state index in [1.165, 1.54) is 6.92 Å². The maximum atomic E-state index is 15.5. The molecule has 60 heavy (non-hydrogen) atoms. The Morgan fingerprint density at radius 3 is 2.18 bits per heavy atom. The van der Waals surface area contributed by atoms with Crippen LogP contribution in [0, 0.1) is 0 Å². The van der Waals surface area contributed by atoms with Gasteiger partial charge in [0.1, 0.15) is 11.9 Å². The van der Waals surface area contributed by atoms with Crippen LogP contribution in [0.5, 0.6) is 5.75 Å². The molecule has 8 rings (SSSR count). The van der Waals surface area contributed by atoms with Gasteiger partial charge in [-0.2, -0.15) is 0 Å². The molecule has 8 nitrogen and oxygen atoms in total. The number of amides is 2. The van der Waals surface area contributed by atoms with Gasteiger partial charge < -0.3 is 19.5 Å². The van der Waals surface area contributed by atoms with E-state index in [0.29, 0.717) is 34.5 Å². The van der Waals surface area contributed by atoms with Crippen molar-refractivity contribution in [2.75, 3.05) is 18.1 Å². The third-order valence-corrected chi connectivity index (χ3v) is 11.1. The number of benzene rings is 7. The van der Waals surface area contributed by atoms with E-state index in [9.17, 15) is 9.90 Å². The summed E-state index contributed by atoms with van der Waals surface area (Å²) in [6, 6.07) is 48.9. The lowest BCUT2D eigenvalue weighted by Crippen LogP contribution is -2.52. The first kappa shape index (κ1) is 39.8. The van der Waals surface area contributed by atoms with Crippen molar-refractivity contribution in [1.82, 2.24) is 4.90 Å². The lowest BCUT2D eigenvalue weighted by atomic mass is 9.93. The molecule has 0 spiro atoms. The fourth-order valence-corrected chi connectivity index (χ4v) is 8.39. The Hall–Kier alpha value is -7.03. The zero-order valence-electron chi connectivity index (χ0n) is 33.4. The molecular formula is C52H46N2O6. The van der Waals surface area contributed by atoms with E-state index in [4.69, 9.17) is 9.47 Å². The van der Waals surface area contributed by atoms with Crippen LogP contribution in [-0.4, -0.2) is 53.1 Å². The molecule has 0 aromatic heterocycles. The summed E-state index contributed by atoms with van der Waals surface area (Å²) in [5.74, 6) is -0.584. The summed E-state index contributed by atoms with van der Waals surface area (Å²) in [7, 11) is 0. The topological polar surface area (TPSA) is 96.4 Å². The summed E-state index contributed by atoms with van der Waals surface area (Å²) in [6.45, 7) is 5.76. The molecule has 8 heteroatoms. The van der Waals surface area contributed by atoms with Crippen LogP contribution in [0.3, 0.4) is 0 Å². The smallest absolute Gasteiger partial charge is 0.302 e. The van der Waals surface area contributed by atoms with E-state index in [-0.39, 0.29) is 38.0 Å². The lowest BCUT2D eigenvalue weighted by Gasteiger charge is -2.39. The number of carbonyl (C=O) groups excluding carboxylic acids is 3. The van der Waals surface area contributed by atoms with Gasteiger partial charge in [-0.3, -0.25) is 19.3 Å². The molecule has 3 atom stereocenters. The van der Waals surface area contributed by atoms with Gasteiger partial charge in [-0.25, -0.2) is 0 Å². The van der Waals surface area contributed by atoms with E-state index in [1.807, 2.05) is 157 Å². The third-order valence-electron chi connectivity index (χ3n) is 11.1. The van der Waals surface area contributed by atoms with Crippen LogP contribution in [0.1, 0.15) is 57.7 Å². The van der Waals surface area contributed by atoms with Gasteiger partial charge in [0.05, 0.1) is 24.4 Å². The van der Waals surface area contributed by atoms with Crippen molar-refractivity contribution >= 4 is 45.0 Å². The summed E-state index contributed by atoms with van der Waals surface area (Å²) < 4.78 is 12.3. The van der Waals surface area contributed by atoms with Crippen LogP contribution in [-0.2, 0) is 16.1 Å². The van der Waals surface area contributed by atoms with Gasteiger partial charge in [-0.1, -0.05) is 121 Å². The molecule has 0 fully saturated rings. The van der Waals surface area contributed by atoms with Gasteiger partial charge in [-0.05, 0) is 80.7 Å². The van der Waals surface area contributed by atoms with E-state index >= 15 is 9.59 Å². The minimum atomic E-state index is -0.899. The molecule has 0 saturated carbocycles. The van der Waals surface area contributed by atoms with E-state index in [1.54, 1.807) is 17.0 Å². The van der Waals surface area contributed by atoms with Gasteiger partial charge in [0.15, 0.2) is 0 Å². The molecule has 1 aliphatic heterocycles. The Kier molecular flexibility index (Phi) is 11.8. The number of anilines is 1. The predicted molar refractivity (Wildman–Crippen MR) is 237 cm³/mol. The predicted octanol–water partition coefficient (Wildman–Crippen LogP) is 10.3. The maximum absolute atomic E-state index is 15.5. The number of aliphatic hydroxyl groups is 1. The van der Waals surface area contributed by atoms with Crippen LogP contribution >= 0.6 is 0 Å². The largest absolute Gasteiger partial charge is 0.493 e. The highest BCUT2D eigenvalue weighted by molar-refractivity contribution is 6.10. The van der Waals surface area contributed by atoms with E-state index in [0.717, 1.165) is 38.2 Å². The number of carbonyl (C=O) groups is 3. The molecule has 7 aromatic rings. The minimum Gasteiger partial charge on any atom is -0.493 e. The molecule has 1 unspecified atom stereocenters. The SMILES string of the molecule is C=CCC(OC(C)=O)[C@@H]1[C@@H](N(Cc2cccc3ccccc23)C(=O)c2ccc(-c3ccccc3)cc2)c2cc(OCCCO)ccc2N1C(=O)c1ccc2ccccc2c1. The highest BCUT2D eigenvalue weighted by Gasteiger charge is 2.51. The van der Waals surface area contributed by atoms with Crippen molar-refractivity contribution in [2.24, 2.45) is 0 Å². The number of aliphatic hydroxyl groups excluding tert-OH is 1. The summed E-state index contributed by atoms with van der Waals surface area (Å²) in [6.07, 6.45) is 1.41. The molecule has 0 bridgehead atoms. The number of hydrogen-bond donors (Lipinski definition) is 1. The maximum Gasteiger partial charge on any atom is 0.302 e. The summed E-state index contributed by atoms with van der Waals surface area (Å²) in [4.78, 5) is 47.3. The van der Waals surface area contributed by atoms with Crippen molar-refractivity contribution < 1.29 is 29.0 Å². The fraction of sp³-hybridized carbons (Fsp3) is 0.173. The number of nitrogens with zero attached hydrogens (tertiary/aromatic N) is 2. The molecule has 1 heterocycles. The molecule has 1 aliphatic rings. The average Bonchev–Trinajstić information content (AvgIpc) is 3.61. The standard InChI is InChI=1S/C52H46N2O6/c1-3-13-48(60-35(2)56)50-49(46-33-44(59-31-12-30-55)28-29-47(46)54(50)52(58)42-27-24-37-16-7-8-18-41(37)32-42)53(34-43-20-11-19-39-17-9-10-21-45(39)43)51(57)40-25-22-38(23-26-40)36-14-5-4-6-15-36/h3-11,14-29,32-33,48-50,55H,1,12-13,30-31,34H2,2H3/t48?,49-,50+/m0/s1. The zero-order chi connectivity index (χ0) is 41.6. The third kappa shape index (κ3) is 8.15. The van der Waals surface area contributed by atoms with Crippen LogP contribution in [0.4, 0.5) is 5.69 Å². The fourth-order valence-electron chi connectivity index (χ4n) is 8.39. The van der Waals surface area contributed by atoms with Gasteiger partial charge in [0, 0.05) is 49.6 Å². The number of esters is 1. The highest BCUT2D eigenvalue weighted by Crippen LogP contribution is 2.49. The second-order valence-corrected chi connectivity index (χ2v) is 15.0. The van der Waals surface area contributed by atoms with Gasteiger partial charge >= 0.3 is 5.97 Å². The van der Waals surface area contributed by atoms with Crippen LogP contribution in [0.15, 0.2) is 170 Å². The van der Waals surface area contributed by atoms with Crippen LogP contribution < -0.4 is 9.64 Å². The first-order valence-corrected chi connectivity index (χ1v) is 20.3. The van der Waals surface area contributed by atoms with E-state index < -0.39 is 24.2 Å². The highest BCUT2D eigenvalue weighted by atomic mass is 16.5. The lowest BCUT2D eigenvalue weighted by molar-refractivity contribution is -0.147. The second-order valence-electron chi connectivity index (χ2n) is 15.0. The Balaban J connectivity index is 1.34. The second kappa shape index (κ2) is 17.9. The molecule has 2 amide bonds. The van der Waals surface area contributed by atoms with Gasteiger partial charge in [0.25, 0.3) is 11.8 Å². The van der Waals surface area contributed by atoms with Crippen molar-refractivity contribution in [3.05, 3.63) is 193 Å². The quantitative estimate of drug-likeness (QED) is 0.0669. The average molecular weight is 795 g/mol. The molecule has 0 saturated heterocycles. The number of ether oxygens (including phenoxy) is 2. The summed E-state index contributed by atoms with van der Waals surface area (Å²) >= 11 is 0. The Bertz CT molecular complexity index is 2670. The number of hydrogen-bond acceptors (Lipinski definition) is 6. The zero-order valence-corrected chi connectivity index (χ0v) is 33.4. The first-order valence-electron chi connectivity index (χ1n) is 20.3. The van der Waals surface area contributed by atoms with Gasteiger partial charge in [0.2, 0.25) is 0 Å². The molecule has 300 valence electrons.